The van der Waals surface area contributed by atoms with Gasteiger partial charge in [-0.15, -0.1) is 0 Å². The number of hydrogen-bond donors (Lipinski definition) is 0. The molecule has 1 rings (SSSR count). The topological polar surface area (TPSA) is 52.6 Å². The zero-order chi connectivity index (χ0) is 18.0. The summed E-state index contributed by atoms with van der Waals surface area (Å²) in [7, 11) is 0. The van der Waals surface area contributed by atoms with Crippen molar-refractivity contribution in [2.75, 3.05) is 0 Å². The van der Waals surface area contributed by atoms with E-state index >= 15 is 0 Å². The number of carbonyl (C=O) groups is 2. The van der Waals surface area contributed by atoms with Gasteiger partial charge in [-0.2, -0.15) is 0 Å². The number of aryl methyl sites for hydroxylation is 2. The molecule has 0 aromatic heterocycles. The molecule has 1 aromatic rings. The van der Waals surface area contributed by atoms with Gasteiger partial charge in [0, 0.05) is 0 Å². The summed E-state index contributed by atoms with van der Waals surface area (Å²) in [6.45, 7) is 14.5. The molecule has 4 nitrogen and oxygen atoms in total. The first-order valence-electron chi connectivity index (χ1n) is 7.83. The summed E-state index contributed by atoms with van der Waals surface area (Å²) >= 11 is 0. The van der Waals surface area contributed by atoms with E-state index in [1.54, 1.807) is 41.5 Å². The molecule has 1 aromatic carbocycles. The van der Waals surface area contributed by atoms with Crippen LogP contribution in [-0.2, 0) is 19.1 Å². The van der Waals surface area contributed by atoms with Crippen LogP contribution in [0.3, 0.4) is 0 Å². The van der Waals surface area contributed by atoms with E-state index in [4.69, 9.17) is 9.47 Å². The summed E-state index contributed by atoms with van der Waals surface area (Å²) in [6, 6.07) is 5.68. The first kappa shape index (κ1) is 19.2. The van der Waals surface area contributed by atoms with E-state index in [2.05, 4.69) is 0 Å². The molecule has 0 saturated heterocycles. The lowest BCUT2D eigenvalue weighted by atomic mass is 9.92. The van der Waals surface area contributed by atoms with E-state index in [9.17, 15) is 9.59 Å². The molecule has 0 saturated carbocycles. The lowest BCUT2D eigenvalue weighted by molar-refractivity contribution is -0.169. The van der Waals surface area contributed by atoms with E-state index < -0.39 is 29.1 Å². The first-order valence-corrected chi connectivity index (χ1v) is 7.83. The molecule has 0 unspecified atom stereocenters. The quantitative estimate of drug-likeness (QED) is 0.622. The molecule has 128 valence electrons. The SMILES string of the molecule is Cc1ccc(C)c(C(C(=O)OC(C)(C)C)C(=O)OC(C)(C)C)c1. The fraction of sp³-hybridized carbons (Fsp3) is 0.579. The van der Waals surface area contributed by atoms with Crippen LogP contribution in [0, 0.1) is 13.8 Å². The largest absolute Gasteiger partial charge is 0.459 e. The standard InChI is InChI=1S/C19H28O4/c1-12-9-10-13(2)14(11-12)15(16(20)22-18(3,4)5)17(21)23-19(6,7)8/h9-11,15H,1-8H3. The van der Waals surface area contributed by atoms with Gasteiger partial charge in [-0.25, -0.2) is 0 Å². The lowest BCUT2D eigenvalue weighted by Crippen LogP contribution is -2.35. The summed E-state index contributed by atoms with van der Waals surface area (Å²) in [5.74, 6) is -2.24. The monoisotopic (exact) mass is 320 g/mol. The Morgan fingerprint density at radius 3 is 1.70 bits per heavy atom. The molecule has 0 spiro atoms. The van der Waals surface area contributed by atoms with Crippen molar-refractivity contribution in [2.45, 2.75) is 72.5 Å². The van der Waals surface area contributed by atoms with Crippen molar-refractivity contribution >= 4 is 11.9 Å². The molecule has 0 heterocycles. The minimum absolute atomic E-state index is 0.583. The third kappa shape index (κ3) is 6.05. The van der Waals surface area contributed by atoms with Gasteiger partial charge in [-0.3, -0.25) is 9.59 Å². The van der Waals surface area contributed by atoms with Gasteiger partial charge >= 0.3 is 11.9 Å². The van der Waals surface area contributed by atoms with E-state index in [1.807, 2.05) is 32.0 Å². The van der Waals surface area contributed by atoms with Gasteiger partial charge in [0.05, 0.1) is 0 Å². The third-order valence-corrected chi connectivity index (χ3v) is 3.03. The highest BCUT2D eigenvalue weighted by Gasteiger charge is 2.37. The van der Waals surface area contributed by atoms with Gasteiger partial charge in [0.25, 0.3) is 0 Å². The van der Waals surface area contributed by atoms with Crippen LogP contribution >= 0.6 is 0 Å². The number of esters is 2. The first-order chi connectivity index (χ1) is 10.3. The minimum atomic E-state index is -1.08. The Balaban J connectivity index is 3.28. The highest BCUT2D eigenvalue weighted by Crippen LogP contribution is 2.27. The van der Waals surface area contributed by atoms with Crippen LogP contribution in [0.2, 0.25) is 0 Å². The van der Waals surface area contributed by atoms with Crippen LogP contribution in [0.5, 0.6) is 0 Å². The lowest BCUT2D eigenvalue weighted by Gasteiger charge is -2.27. The van der Waals surface area contributed by atoms with Crippen LogP contribution in [0.1, 0.15) is 64.2 Å². The van der Waals surface area contributed by atoms with Gasteiger partial charge in [0.2, 0.25) is 0 Å². The van der Waals surface area contributed by atoms with Crippen LogP contribution in [0.4, 0.5) is 0 Å². The smallest absolute Gasteiger partial charge is 0.325 e. The molecule has 0 aliphatic heterocycles. The van der Waals surface area contributed by atoms with E-state index in [0.717, 1.165) is 11.1 Å². The second-order valence-electron chi connectivity index (χ2n) is 7.86. The zero-order valence-electron chi connectivity index (χ0n) is 15.4. The molecule has 0 aliphatic carbocycles. The molecule has 4 heteroatoms. The summed E-state index contributed by atoms with van der Waals surface area (Å²) in [4.78, 5) is 25.3. The molecular formula is C19H28O4. The van der Waals surface area contributed by atoms with E-state index in [-0.39, 0.29) is 0 Å². The predicted octanol–water partition coefficient (Wildman–Crippen LogP) is 4.07. The fourth-order valence-corrected chi connectivity index (χ4v) is 2.14. The molecule has 0 bridgehead atoms. The Labute approximate surface area is 139 Å². The molecule has 0 radical (unpaired) electrons. The van der Waals surface area contributed by atoms with Crippen LogP contribution in [-0.4, -0.2) is 23.1 Å². The number of ether oxygens (including phenoxy) is 2. The number of hydrogen-bond acceptors (Lipinski definition) is 4. The van der Waals surface area contributed by atoms with Crippen molar-refractivity contribution in [1.82, 2.24) is 0 Å². The van der Waals surface area contributed by atoms with Gasteiger partial charge in [0.15, 0.2) is 5.92 Å². The fourth-order valence-electron chi connectivity index (χ4n) is 2.14. The average Bonchev–Trinajstić information content (AvgIpc) is 2.29. The molecule has 23 heavy (non-hydrogen) atoms. The predicted molar refractivity (Wildman–Crippen MR) is 90.3 cm³/mol. The molecule has 0 atom stereocenters. The third-order valence-electron chi connectivity index (χ3n) is 3.03. The molecule has 0 N–H and O–H groups in total. The number of rotatable bonds is 3. The van der Waals surface area contributed by atoms with Gasteiger partial charge < -0.3 is 9.47 Å². The van der Waals surface area contributed by atoms with E-state index in [0.29, 0.717) is 5.56 Å². The highest BCUT2D eigenvalue weighted by atomic mass is 16.6. The van der Waals surface area contributed by atoms with Crippen molar-refractivity contribution in [3.05, 3.63) is 34.9 Å². The molecule has 0 amide bonds. The summed E-state index contributed by atoms with van der Waals surface area (Å²) < 4.78 is 10.9. The Bertz CT molecular complexity index is 560. The Kier molecular flexibility index (Phi) is 5.62. The zero-order valence-corrected chi connectivity index (χ0v) is 15.4. The Morgan fingerprint density at radius 2 is 1.30 bits per heavy atom. The van der Waals surface area contributed by atoms with Crippen molar-refractivity contribution in [1.29, 1.82) is 0 Å². The van der Waals surface area contributed by atoms with Crippen molar-refractivity contribution in [2.24, 2.45) is 0 Å². The maximum Gasteiger partial charge on any atom is 0.325 e. The second-order valence-corrected chi connectivity index (χ2v) is 7.86. The maximum atomic E-state index is 12.6. The minimum Gasteiger partial charge on any atom is -0.459 e. The van der Waals surface area contributed by atoms with Crippen molar-refractivity contribution in [3.8, 4) is 0 Å². The normalized spacial score (nSPS) is 12.2. The number of carbonyl (C=O) groups excluding carboxylic acids is 2. The molecular weight excluding hydrogens is 292 g/mol. The average molecular weight is 320 g/mol. The van der Waals surface area contributed by atoms with Crippen molar-refractivity contribution < 1.29 is 19.1 Å². The Hall–Kier alpha value is -1.84. The Morgan fingerprint density at radius 1 is 0.870 bits per heavy atom. The molecule has 0 fully saturated rings. The summed E-state index contributed by atoms with van der Waals surface area (Å²) in [5.41, 5.74) is 1.12. The van der Waals surface area contributed by atoms with Gasteiger partial charge in [-0.05, 0) is 66.5 Å². The van der Waals surface area contributed by atoms with E-state index in [1.165, 1.54) is 0 Å². The maximum absolute atomic E-state index is 12.6. The van der Waals surface area contributed by atoms with Gasteiger partial charge in [0.1, 0.15) is 11.2 Å². The second kappa shape index (κ2) is 6.73. The van der Waals surface area contributed by atoms with Gasteiger partial charge in [-0.1, -0.05) is 23.8 Å². The van der Waals surface area contributed by atoms with Crippen LogP contribution in [0.15, 0.2) is 18.2 Å². The number of benzene rings is 1. The van der Waals surface area contributed by atoms with Crippen LogP contribution < -0.4 is 0 Å². The van der Waals surface area contributed by atoms with Crippen LogP contribution in [0.25, 0.3) is 0 Å². The summed E-state index contributed by atoms with van der Waals surface area (Å²) in [6.07, 6.45) is 0. The highest BCUT2D eigenvalue weighted by molar-refractivity contribution is 6.01. The summed E-state index contributed by atoms with van der Waals surface area (Å²) in [5, 5.41) is 0. The van der Waals surface area contributed by atoms with Crippen molar-refractivity contribution in [3.63, 3.8) is 0 Å². The molecule has 0 aliphatic rings.